The van der Waals surface area contributed by atoms with E-state index in [0.717, 1.165) is 72.9 Å². The molecular weight excluding hydrogens is 609 g/mol. The first-order chi connectivity index (χ1) is 22.5. The summed E-state index contributed by atoms with van der Waals surface area (Å²) < 4.78 is 49.1. The lowest BCUT2D eigenvalue weighted by Crippen LogP contribution is -2.44. The molecule has 0 bridgehead atoms. The van der Waals surface area contributed by atoms with Crippen LogP contribution in [0.3, 0.4) is 0 Å². The van der Waals surface area contributed by atoms with Gasteiger partial charge in [0.05, 0.1) is 12.6 Å². The molecule has 3 aromatic carbocycles. The Morgan fingerprint density at radius 3 is 2.34 bits per heavy atom. The molecule has 0 spiro atoms. The van der Waals surface area contributed by atoms with Gasteiger partial charge < -0.3 is 25.0 Å². The number of nitrogens with zero attached hydrogens (tertiary/aromatic N) is 5. The molecule has 248 valence electrons. The number of aromatic nitrogens is 2. The minimum Gasteiger partial charge on any atom is -0.490 e. The van der Waals surface area contributed by atoms with Gasteiger partial charge in [-0.05, 0) is 86.8 Å². The van der Waals surface area contributed by atoms with E-state index in [1.165, 1.54) is 30.5 Å². The number of anilines is 3. The lowest BCUT2D eigenvalue weighted by atomic mass is 9.89. The van der Waals surface area contributed by atoms with Crippen molar-refractivity contribution in [3.63, 3.8) is 0 Å². The summed E-state index contributed by atoms with van der Waals surface area (Å²) in [6.07, 6.45) is 0.771. The number of aryl methyl sites for hydroxylation is 3. The summed E-state index contributed by atoms with van der Waals surface area (Å²) in [4.78, 5) is 27.2. The van der Waals surface area contributed by atoms with Gasteiger partial charge >= 0.3 is 6.09 Å². The molecule has 47 heavy (non-hydrogen) atoms. The summed E-state index contributed by atoms with van der Waals surface area (Å²) in [6.45, 7) is 10.9. The first kappa shape index (κ1) is 33.7. The number of hydrogen-bond donors (Lipinski definition) is 2. The molecule has 0 radical (unpaired) electrons. The SMILES string of the molecule is Cc1cc(C)c(C(c2ccc(F)c(F)c2)N(C(=O)O)c2ccnc(Nc3ccc(OCCCN4CCN(C)CC4)c(F)c3)n2)c(C)c1. The van der Waals surface area contributed by atoms with Gasteiger partial charge in [0.2, 0.25) is 5.95 Å². The highest BCUT2D eigenvalue weighted by molar-refractivity contribution is 5.87. The molecule has 1 fully saturated rings. The molecule has 1 saturated heterocycles. The number of hydrogen-bond acceptors (Lipinski definition) is 7. The number of carboxylic acid groups (broad SMARTS) is 1. The third-order valence-corrected chi connectivity index (χ3v) is 8.28. The van der Waals surface area contributed by atoms with E-state index in [-0.39, 0.29) is 23.1 Å². The Bertz CT molecular complexity index is 1710. The molecule has 4 aromatic rings. The number of nitrogens with one attached hydrogen (secondary N) is 1. The van der Waals surface area contributed by atoms with Crippen LogP contribution in [-0.2, 0) is 0 Å². The van der Waals surface area contributed by atoms with Gasteiger partial charge in [-0.1, -0.05) is 23.8 Å². The molecular formula is C35H39F3N6O3. The van der Waals surface area contributed by atoms with Gasteiger partial charge in [0.25, 0.3) is 0 Å². The summed E-state index contributed by atoms with van der Waals surface area (Å²) in [5, 5.41) is 13.4. The molecule has 1 atom stereocenters. The molecule has 2 N–H and O–H groups in total. The molecule has 1 aromatic heterocycles. The minimum absolute atomic E-state index is 0.00961. The van der Waals surface area contributed by atoms with Gasteiger partial charge in [-0.15, -0.1) is 0 Å². The second-order valence-corrected chi connectivity index (χ2v) is 11.9. The Morgan fingerprint density at radius 2 is 1.68 bits per heavy atom. The normalized spacial score (nSPS) is 14.5. The van der Waals surface area contributed by atoms with E-state index in [0.29, 0.717) is 17.9 Å². The average molecular weight is 649 g/mol. The maximum Gasteiger partial charge on any atom is 0.413 e. The average Bonchev–Trinajstić information content (AvgIpc) is 3.01. The van der Waals surface area contributed by atoms with E-state index in [1.54, 1.807) is 6.07 Å². The smallest absolute Gasteiger partial charge is 0.413 e. The maximum absolute atomic E-state index is 15.0. The van der Waals surface area contributed by atoms with Crippen molar-refractivity contribution >= 4 is 23.5 Å². The van der Waals surface area contributed by atoms with Crippen molar-refractivity contribution in [2.75, 3.05) is 56.6 Å². The number of amides is 1. The Labute approximate surface area is 272 Å². The highest BCUT2D eigenvalue weighted by Crippen LogP contribution is 2.37. The standard InChI is InChI=1S/C35H39F3N6O3/c1-22-18-23(2)32(24(3)19-22)33(25-6-8-27(36)28(37)20-25)44(35(45)46)31-10-11-39-34(41-31)40-26-7-9-30(29(38)21-26)47-17-5-12-43-15-13-42(4)14-16-43/h6-11,18-21,33H,5,12-17H2,1-4H3,(H,45,46)(H,39,40,41). The van der Waals surface area contributed by atoms with Crippen molar-refractivity contribution < 1.29 is 27.8 Å². The summed E-state index contributed by atoms with van der Waals surface area (Å²) in [6, 6.07) is 11.8. The summed E-state index contributed by atoms with van der Waals surface area (Å²) in [5.41, 5.74) is 3.67. The zero-order valence-corrected chi connectivity index (χ0v) is 26.9. The lowest BCUT2D eigenvalue weighted by Gasteiger charge is -2.32. The first-order valence-corrected chi connectivity index (χ1v) is 15.5. The molecule has 9 nitrogen and oxygen atoms in total. The van der Waals surface area contributed by atoms with Crippen LogP contribution in [0.15, 0.2) is 60.8 Å². The number of halogens is 3. The van der Waals surface area contributed by atoms with Gasteiger partial charge in [-0.25, -0.2) is 27.8 Å². The highest BCUT2D eigenvalue weighted by atomic mass is 19.2. The van der Waals surface area contributed by atoms with Crippen LogP contribution in [0, 0.1) is 38.2 Å². The molecule has 2 heterocycles. The van der Waals surface area contributed by atoms with Crippen LogP contribution in [0.25, 0.3) is 0 Å². The number of rotatable bonds is 11. The Hall–Kier alpha value is -4.68. The fourth-order valence-corrected chi connectivity index (χ4v) is 6.00. The zero-order valence-electron chi connectivity index (χ0n) is 26.9. The van der Waals surface area contributed by atoms with E-state index in [9.17, 15) is 23.1 Å². The third kappa shape index (κ3) is 8.19. The summed E-state index contributed by atoms with van der Waals surface area (Å²) in [5.74, 6) is -2.61. The monoisotopic (exact) mass is 648 g/mol. The summed E-state index contributed by atoms with van der Waals surface area (Å²) in [7, 11) is 2.11. The van der Waals surface area contributed by atoms with Gasteiger partial charge in [-0.3, -0.25) is 0 Å². The van der Waals surface area contributed by atoms with Crippen molar-refractivity contribution in [1.29, 1.82) is 0 Å². The van der Waals surface area contributed by atoms with Crippen molar-refractivity contribution in [3.8, 4) is 5.75 Å². The van der Waals surface area contributed by atoms with Crippen LogP contribution in [0.4, 0.5) is 35.4 Å². The first-order valence-electron chi connectivity index (χ1n) is 15.5. The fourth-order valence-electron chi connectivity index (χ4n) is 6.00. The Balaban J connectivity index is 1.36. The van der Waals surface area contributed by atoms with Gasteiger partial charge in [0.15, 0.2) is 23.2 Å². The van der Waals surface area contributed by atoms with Crippen LogP contribution in [0.5, 0.6) is 5.75 Å². The van der Waals surface area contributed by atoms with E-state index in [4.69, 9.17) is 4.74 Å². The van der Waals surface area contributed by atoms with Crippen LogP contribution in [-0.4, -0.2) is 77.3 Å². The second-order valence-electron chi connectivity index (χ2n) is 11.9. The molecule has 0 saturated carbocycles. The van der Waals surface area contributed by atoms with E-state index < -0.39 is 29.6 Å². The highest BCUT2D eigenvalue weighted by Gasteiger charge is 2.32. The number of piperazine rings is 1. The largest absolute Gasteiger partial charge is 0.490 e. The van der Waals surface area contributed by atoms with Crippen molar-refractivity contribution in [2.24, 2.45) is 0 Å². The fraction of sp³-hybridized carbons (Fsp3) is 0.343. The maximum atomic E-state index is 15.0. The van der Waals surface area contributed by atoms with Crippen LogP contribution in [0.1, 0.15) is 40.3 Å². The summed E-state index contributed by atoms with van der Waals surface area (Å²) >= 11 is 0. The van der Waals surface area contributed by atoms with E-state index in [2.05, 4.69) is 32.1 Å². The van der Waals surface area contributed by atoms with E-state index in [1.807, 2.05) is 32.9 Å². The molecule has 1 aliphatic heterocycles. The molecule has 12 heteroatoms. The molecule has 1 amide bonds. The van der Waals surface area contributed by atoms with Crippen LogP contribution >= 0.6 is 0 Å². The van der Waals surface area contributed by atoms with Crippen molar-refractivity contribution in [3.05, 3.63) is 106 Å². The second kappa shape index (κ2) is 14.8. The molecule has 1 aliphatic rings. The zero-order chi connectivity index (χ0) is 33.7. The molecule has 5 rings (SSSR count). The Kier molecular flexibility index (Phi) is 10.6. The quantitative estimate of drug-likeness (QED) is 0.171. The third-order valence-electron chi connectivity index (χ3n) is 8.28. The number of benzene rings is 3. The predicted octanol–water partition coefficient (Wildman–Crippen LogP) is 6.85. The van der Waals surface area contributed by atoms with Gasteiger partial charge in [-0.2, -0.15) is 4.98 Å². The van der Waals surface area contributed by atoms with Crippen molar-refractivity contribution in [1.82, 2.24) is 19.8 Å². The number of likely N-dealkylation sites (N-methyl/N-ethyl adjacent to an activating group) is 1. The molecule has 1 unspecified atom stereocenters. The topological polar surface area (TPSA) is 94.1 Å². The van der Waals surface area contributed by atoms with Crippen LogP contribution in [0.2, 0.25) is 0 Å². The number of ether oxygens (including phenoxy) is 1. The van der Waals surface area contributed by atoms with Gasteiger partial charge in [0.1, 0.15) is 5.82 Å². The lowest BCUT2D eigenvalue weighted by molar-refractivity contribution is 0.145. The molecule has 0 aliphatic carbocycles. The predicted molar refractivity (Wildman–Crippen MR) is 175 cm³/mol. The minimum atomic E-state index is -1.37. The van der Waals surface area contributed by atoms with Crippen LogP contribution < -0.4 is 15.0 Å². The van der Waals surface area contributed by atoms with E-state index >= 15 is 0 Å². The number of carbonyl (C=O) groups is 1. The van der Waals surface area contributed by atoms with Gasteiger partial charge in [0, 0.05) is 50.7 Å². The Morgan fingerprint density at radius 1 is 0.957 bits per heavy atom. The van der Waals surface area contributed by atoms with Crippen molar-refractivity contribution in [2.45, 2.75) is 33.2 Å².